The Kier molecular flexibility index (Phi) is 3.54. The van der Waals surface area contributed by atoms with Crippen molar-refractivity contribution in [2.45, 2.75) is 6.18 Å². The van der Waals surface area contributed by atoms with Gasteiger partial charge in [-0.3, -0.25) is 0 Å². The van der Waals surface area contributed by atoms with Crippen LogP contribution in [-0.4, -0.2) is 31.2 Å². The van der Waals surface area contributed by atoms with Crippen LogP contribution in [0.5, 0.6) is 0 Å². The fourth-order valence-electron chi connectivity index (χ4n) is 1.69. The van der Waals surface area contributed by atoms with Crippen LogP contribution in [0.2, 0.25) is 0 Å². The highest BCUT2D eigenvalue weighted by Crippen LogP contribution is 2.29. The van der Waals surface area contributed by atoms with Crippen LogP contribution in [0, 0.1) is 0 Å². The molecule has 1 fully saturated rings. The van der Waals surface area contributed by atoms with E-state index in [9.17, 15) is 13.2 Å². The van der Waals surface area contributed by atoms with Gasteiger partial charge in [0.2, 0.25) is 0 Å². The van der Waals surface area contributed by atoms with Gasteiger partial charge in [0, 0.05) is 31.9 Å². The molecule has 1 aromatic carbocycles. The second-order valence-electron chi connectivity index (χ2n) is 3.92. The van der Waals surface area contributed by atoms with Crippen molar-refractivity contribution in [1.29, 1.82) is 0 Å². The fraction of sp³-hybridized carbons (Fsp3) is 0.455. The minimum absolute atomic E-state index is 0.622. The SMILES string of the molecule is FC(F)(F)c1ccc(NN2CCNCC2)cc1. The first-order chi connectivity index (χ1) is 8.05. The summed E-state index contributed by atoms with van der Waals surface area (Å²) in [7, 11) is 0. The summed E-state index contributed by atoms with van der Waals surface area (Å²) in [5.74, 6) is 0. The molecule has 0 atom stereocenters. The van der Waals surface area contributed by atoms with E-state index in [1.54, 1.807) is 0 Å². The lowest BCUT2D eigenvalue weighted by Crippen LogP contribution is -2.46. The molecule has 1 aliphatic rings. The number of anilines is 1. The first-order valence-electron chi connectivity index (χ1n) is 5.45. The average molecular weight is 245 g/mol. The zero-order chi connectivity index (χ0) is 12.3. The zero-order valence-electron chi connectivity index (χ0n) is 9.22. The van der Waals surface area contributed by atoms with Gasteiger partial charge in [-0.05, 0) is 24.3 Å². The first kappa shape index (κ1) is 12.2. The lowest BCUT2D eigenvalue weighted by atomic mass is 10.2. The van der Waals surface area contributed by atoms with Crippen LogP contribution in [0.15, 0.2) is 24.3 Å². The maximum absolute atomic E-state index is 12.3. The standard InChI is InChI=1S/C11H14F3N3/c12-11(13,14)9-1-3-10(4-2-9)16-17-7-5-15-6-8-17/h1-4,15-16H,5-8H2. The largest absolute Gasteiger partial charge is 0.416 e. The van der Waals surface area contributed by atoms with Crippen LogP contribution in [-0.2, 0) is 6.18 Å². The molecule has 1 saturated heterocycles. The Morgan fingerprint density at radius 1 is 1.06 bits per heavy atom. The second kappa shape index (κ2) is 4.93. The van der Waals surface area contributed by atoms with E-state index < -0.39 is 11.7 Å². The molecule has 0 aromatic heterocycles. The molecule has 0 bridgehead atoms. The summed E-state index contributed by atoms with van der Waals surface area (Å²) in [6.45, 7) is 3.43. The number of hydrogen-bond donors (Lipinski definition) is 2. The van der Waals surface area contributed by atoms with Crippen molar-refractivity contribution in [1.82, 2.24) is 10.3 Å². The molecule has 0 radical (unpaired) electrons. The molecule has 1 aliphatic heterocycles. The molecule has 1 aromatic rings. The minimum Gasteiger partial charge on any atom is -0.319 e. The summed E-state index contributed by atoms with van der Waals surface area (Å²) in [6.07, 6.45) is -4.27. The average Bonchev–Trinajstić information content (AvgIpc) is 2.30. The van der Waals surface area contributed by atoms with Gasteiger partial charge in [-0.1, -0.05) is 0 Å². The van der Waals surface area contributed by atoms with E-state index in [2.05, 4.69) is 10.7 Å². The molecular formula is C11H14F3N3. The maximum atomic E-state index is 12.3. The lowest BCUT2D eigenvalue weighted by molar-refractivity contribution is -0.137. The van der Waals surface area contributed by atoms with Gasteiger partial charge >= 0.3 is 6.18 Å². The highest BCUT2D eigenvalue weighted by molar-refractivity contribution is 5.44. The van der Waals surface area contributed by atoms with Gasteiger partial charge in [0.1, 0.15) is 0 Å². The third kappa shape index (κ3) is 3.34. The molecule has 6 heteroatoms. The molecular weight excluding hydrogens is 231 g/mol. The molecule has 3 nitrogen and oxygen atoms in total. The Labute approximate surface area is 97.6 Å². The van der Waals surface area contributed by atoms with Gasteiger partial charge in [0.25, 0.3) is 0 Å². The van der Waals surface area contributed by atoms with Gasteiger partial charge in [-0.25, -0.2) is 5.01 Å². The topological polar surface area (TPSA) is 27.3 Å². The summed E-state index contributed by atoms with van der Waals surface area (Å²) < 4.78 is 37.0. The van der Waals surface area contributed by atoms with E-state index in [1.165, 1.54) is 12.1 Å². The molecule has 2 N–H and O–H groups in total. The number of rotatable bonds is 2. The Hall–Kier alpha value is -1.27. The molecule has 0 saturated carbocycles. The molecule has 0 aliphatic carbocycles. The van der Waals surface area contributed by atoms with Crippen LogP contribution >= 0.6 is 0 Å². The Morgan fingerprint density at radius 2 is 1.65 bits per heavy atom. The first-order valence-corrected chi connectivity index (χ1v) is 5.45. The fourth-order valence-corrected chi connectivity index (χ4v) is 1.69. The number of alkyl halides is 3. The van der Waals surface area contributed by atoms with Crippen LogP contribution in [0.4, 0.5) is 18.9 Å². The number of piperazine rings is 1. The van der Waals surface area contributed by atoms with Crippen molar-refractivity contribution in [3.05, 3.63) is 29.8 Å². The molecule has 2 rings (SSSR count). The van der Waals surface area contributed by atoms with E-state index in [4.69, 9.17) is 0 Å². The van der Waals surface area contributed by atoms with Gasteiger partial charge in [0.05, 0.1) is 5.56 Å². The van der Waals surface area contributed by atoms with E-state index in [0.717, 1.165) is 38.3 Å². The number of benzene rings is 1. The monoisotopic (exact) mass is 245 g/mol. The summed E-state index contributed by atoms with van der Waals surface area (Å²) in [5.41, 5.74) is 3.14. The molecule has 94 valence electrons. The van der Waals surface area contributed by atoms with Gasteiger partial charge in [0.15, 0.2) is 0 Å². The van der Waals surface area contributed by atoms with Gasteiger partial charge in [-0.15, -0.1) is 0 Å². The Bertz CT molecular complexity index is 355. The minimum atomic E-state index is -4.27. The van der Waals surface area contributed by atoms with E-state index in [-0.39, 0.29) is 0 Å². The Balaban J connectivity index is 1.98. The van der Waals surface area contributed by atoms with Gasteiger partial charge < -0.3 is 10.7 Å². The molecule has 0 amide bonds. The van der Waals surface area contributed by atoms with Crippen molar-refractivity contribution >= 4 is 5.69 Å². The van der Waals surface area contributed by atoms with Crippen LogP contribution in [0.25, 0.3) is 0 Å². The number of hydrogen-bond acceptors (Lipinski definition) is 3. The normalized spacial score (nSPS) is 18.1. The summed E-state index contributed by atoms with van der Waals surface area (Å²) in [4.78, 5) is 0. The summed E-state index contributed by atoms with van der Waals surface area (Å²) >= 11 is 0. The van der Waals surface area contributed by atoms with Crippen LogP contribution < -0.4 is 10.7 Å². The smallest absolute Gasteiger partial charge is 0.319 e. The second-order valence-corrected chi connectivity index (χ2v) is 3.92. The van der Waals surface area contributed by atoms with E-state index in [1.807, 2.05) is 5.01 Å². The highest BCUT2D eigenvalue weighted by Gasteiger charge is 2.29. The molecule has 0 spiro atoms. The third-order valence-corrected chi connectivity index (χ3v) is 2.62. The number of nitrogens with one attached hydrogen (secondary N) is 2. The number of nitrogens with zero attached hydrogens (tertiary/aromatic N) is 1. The van der Waals surface area contributed by atoms with Crippen LogP contribution in [0.1, 0.15) is 5.56 Å². The Morgan fingerprint density at radius 3 is 2.18 bits per heavy atom. The molecule has 0 unspecified atom stereocenters. The van der Waals surface area contributed by atoms with E-state index >= 15 is 0 Å². The predicted octanol–water partition coefficient (Wildman–Crippen LogP) is 1.94. The highest BCUT2D eigenvalue weighted by atomic mass is 19.4. The lowest BCUT2D eigenvalue weighted by Gasteiger charge is -2.28. The van der Waals surface area contributed by atoms with Crippen molar-refractivity contribution < 1.29 is 13.2 Å². The van der Waals surface area contributed by atoms with Crippen LogP contribution in [0.3, 0.4) is 0 Å². The quantitative estimate of drug-likeness (QED) is 0.833. The summed E-state index contributed by atoms with van der Waals surface area (Å²) in [6, 6.07) is 5.07. The van der Waals surface area contributed by atoms with Crippen molar-refractivity contribution in [3.63, 3.8) is 0 Å². The predicted molar refractivity (Wildman–Crippen MR) is 59.5 cm³/mol. The van der Waals surface area contributed by atoms with Gasteiger partial charge in [-0.2, -0.15) is 13.2 Å². The molecule has 1 heterocycles. The molecule has 17 heavy (non-hydrogen) atoms. The number of hydrazine groups is 1. The zero-order valence-corrected chi connectivity index (χ0v) is 9.22. The summed E-state index contributed by atoms with van der Waals surface area (Å²) in [5, 5.41) is 5.18. The van der Waals surface area contributed by atoms with E-state index in [0.29, 0.717) is 5.69 Å². The van der Waals surface area contributed by atoms with Crippen molar-refractivity contribution in [2.24, 2.45) is 0 Å². The van der Waals surface area contributed by atoms with Crippen molar-refractivity contribution in [3.8, 4) is 0 Å². The van der Waals surface area contributed by atoms with Crippen molar-refractivity contribution in [2.75, 3.05) is 31.6 Å². The number of halogens is 3. The maximum Gasteiger partial charge on any atom is 0.416 e. The third-order valence-electron chi connectivity index (χ3n) is 2.62.